The van der Waals surface area contributed by atoms with Crippen molar-refractivity contribution in [2.45, 2.75) is 19.3 Å². The van der Waals surface area contributed by atoms with Crippen LogP contribution in [-0.2, 0) is 12.8 Å². The molecule has 4 nitrogen and oxygen atoms in total. The molecule has 1 aliphatic carbocycles. The van der Waals surface area contributed by atoms with Gasteiger partial charge >= 0.3 is 0 Å². The monoisotopic (exact) mass is 314 g/mol. The number of nitrogens with zero attached hydrogens (tertiary/aromatic N) is 4. The highest BCUT2D eigenvalue weighted by molar-refractivity contribution is 9.10. The molecule has 19 heavy (non-hydrogen) atoms. The predicted molar refractivity (Wildman–Crippen MR) is 75.9 cm³/mol. The molecule has 0 fully saturated rings. The number of benzene rings is 1. The summed E-state index contributed by atoms with van der Waals surface area (Å²) in [6.07, 6.45) is 5.06. The van der Waals surface area contributed by atoms with Crippen LogP contribution >= 0.6 is 15.9 Å². The van der Waals surface area contributed by atoms with Crippen molar-refractivity contribution in [3.63, 3.8) is 0 Å². The van der Waals surface area contributed by atoms with Gasteiger partial charge in [0.25, 0.3) is 0 Å². The van der Waals surface area contributed by atoms with Crippen molar-refractivity contribution in [3.05, 3.63) is 46.3 Å². The van der Waals surface area contributed by atoms with E-state index in [9.17, 15) is 0 Å². The lowest BCUT2D eigenvalue weighted by atomic mass is 10.2. The maximum absolute atomic E-state index is 4.68. The minimum absolute atomic E-state index is 0.759. The van der Waals surface area contributed by atoms with Crippen LogP contribution in [0.4, 0.5) is 0 Å². The van der Waals surface area contributed by atoms with Crippen molar-refractivity contribution in [1.29, 1.82) is 0 Å². The standard InChI is InChI=1S/C14H11BrN4/c15-10-6-4-9(5-7-10)13-17-14-11-2-1-3-12(11)16-8-19(14)18-13/h4-8H,1-3H2. The SMILES string of the molecule is Brc1ccc(-c2nc3c4c(ncn3n2)CCC4)cc1. The molecule has 4 rings (SSSR count). The fraction of sp³-hybridized carbons (Fsp3) is 0.214. The lowest BCUT2D eigenvalue weighted by molar-refractivity contribution is 0.888. The first-order chi connectivity index (χ1) is 9.31. The van der Waals surface area contributed by atoms with E-state index < -0.39 is 0 Å². The van der Waals surface area contributed by atoms with Gasteiger partial charge in [-0.1, -0.05) is 28.1 Å². The molecule has 0 N–H and O–H groups in total. The second-order valence-corrected chi connectivity index (χ2v) is 5.65. The quantitative estimate of drug-likeness (QED) is 0.693. The van der Waals surface area contributed by atoms with Crippen molar-refractivity contribution < 1.29 is 0 Å². The van der Waals surface area contributed by atoms with Crippen molar-refractivity contribution in [2.24, 2.45) is 0 Å². The Morgan fingerprint density at radius 1 is 1.11 bits per heavy atom. The Labute approximate surface area is 118 Å². The van der Waals surface area contributed by atoms with Gasteiger partial charge in [-0.3, -0.25) is 0 Å². The second kappa shape index (κ2) is 4.13. The molecule has 1 aliphatic rings. The average Bonchev–Trinajstić information content (AvgIpc) is 3.04. The van der Waals surface area contributed by atoms with Crippen LogP contribution in [0.2, 0.25) is 0 Å². The van der Waals surface area contributed by atoms with E-state index in [1.54, 1.807) is 10.8 Å². The van der Waals surface area contributed by atoms with Gasteiger partial charge in [-0.25, -0.2) is 14.5 Å². The van der Waals surface area contributed by atoms with Crippen molar-refractivity contribution in [3.8, 4) is 11.4 Å². The molecule has 1 aromatic carbocycles. The Kier molecular flexibility index (Phi) is 2.41. The summed E-state index contributed by atoms with van der Waals surface area (Å²) in [5.74, 6) is 0.759. The lowest BCUT2D eigenvalue weighted by Crippen LogP contribution is -1.96. The third-order valence-corrected chi connectivity index (χ3v) is 4.04. The third kappa shape index (κ3) is 1.76. The van der Waals surface area contributed by atoms with Gasteiger partial charge in [0.2, 0.25) is 0 Å². The van der Waals surface area contributed by atoms with Crippen LogP contribution in [0.1, 0.15) is 17.7 Å². The third-order valence-electron chi connectivity index (χ3n) is 3.52. The first-order valence-electron chi connectivity index (χ1n) is 6.30. The Bertz CT molecular complexity index is 761. The van der Waals surface area contributed by atoms with Crippen LogP contribution in [0.15, 0.2) is 35.1 Å². The largest absolute Gasteiger partial charge is 0.241 e. The van der Waals surface area contributed by atoms with Crippen LogP contribution in [0.25, 0.3) is 17.0 Å². The zero-order valence-electron chi connectivity index (χ0n) is 10.2. The van der Waals surface area contributed by atoms with Gasteiger partial charge in [0.05, 0.1) is 0 Å². The molecule has 0 atom stereocenters. The van der Waals surface area contributed by atoms with Gasteiger partial charge in [-0.15, -0.1) is 5.10 Å². The maximum atomic E-state index is 4.68. The minimum atomic E-state index is 0.759. The van der Waals surface area contributed by atoms with E-state index >= 15 is 0 Å². The molecular formula is C14H11BrN4. The number of aryl methyl sites for hydroxylation is 2. The van der Waals surface area contributed by atoms with E-state index in [0.717, 1.165) is 34.3 Å². The number of rotatable bonds is 1. The number of hydrogen-bond acceptors (Lipinski definition) is 3. The Morgan fingerprint density at radius 2 is 1.95 bits per heavy atom. The van der Waals surface area contributed by atoms with Crippen LogP contribution < -0.4 is 0 Å². The van der Waals surface area contributed by atoms with Gasteiger partial charge < -0.3 is 0 Å². The molecule has 94 valence electrons. The Morgan fingerprint density at radius 3 is 2.79 bits per heavy atom. The Hall–Kier alpha value is -1.75. The summed E-state index contributed by atoms with van der Waals surface area (Å²) in [7, 11) is 0. The summed E-state index contributed by atoms with van der Waals surface area (Å²) in [5.41, 5.74) is 4.43. The molecule has 2 heterocycles. The zero-order chi connectivity index (χ0) is 12.8. The first kappa shape index (κ1) is 11.1. The van der Waals surface area contributed by atoms with E-state index in [2.05, 4.69) is 31.0 Å². The molecule has 0 radical (unpaired) electrons. The second-order valence-electron chi connectivity index (χ2n) is 4.73. The highest BCUT2D eigenvalue weighted by Gasteiger charge is 2.18. The van der Waals surface area contributed by atoms with E-state index in [1.165, 1.54) is 17.7 Å². The highest BCUT2D eigenvalue weighted by Crippen LogP contribution is 2.25. The molecule has 0 spiro atoms. The molecule has 0 aliphatic heterocycles. The van der Waals surface area contributed by atoms with E-state index in [-0.39, 0.29) is 0 Å². The van der Waals surface area contributed by atoms with Gasteiger partial charge in [-0.05, 0) is 31.4 Å². The van der Waals surface area contributed by atoms with Crippen LogP contribution in [-0.4, -0.2) is 19.6 Å². The summed E-state index contributed by atoms with van der Waals surface area (Å²) in [6, 6.07) is 8.05. The first-order valence-corrected chi connectivity index (χ1v) is 7.09. The summed E-state index contributed by atoms with van der Waals surface area (Å²) >= 11 is 3.44. The van der Waals surface area contributed by atoms with Gasteiger partial charge in [0.15, 0.2) is 11.5 Å². The topological polar surface area (TPSA) is 43.1 Å². The number of fused-ring (bicyclic) bond motifs is 3. The van der Waals surface area contributed by atoms with E-state index in [1.807, 2.05) is 24.3 Å². The molecule has 0 saturated heterocycles. The van der Waals surface area contributed by atoms with Crippen molar-refractivity contribution in [1.82, 2.24) is 19.6 Å². The molecule has 0 saturated carbocycles. The lowest BCUT2D eigenvalue weighted by Gasteiger charge is -1.97. The average molecular weight is 315 g/mol. The molecule has 3 aromatic rings. The fourth-order valence-corrected chi connectivity index (χ4v) is 2.83. The number of aromatic nitrogens is 4. The van der Waals surface area contributed by atoms with Crippen molar-refractivity contribution in [2.75, 3.05) is 0 Å². The van der Waals surface area contributed by atoms with Gasteiger partial charge in [-0.2, -0.15) is 0 Å². The van der Waals surface area contributed by atoms with Gasteiger partial charge in [0, 0.05) is 21.3 Å². The Balaban J connectivity index is 1.90. The summed E-state index contributed by atoms with van der Waals surface area (Å²) in [4.78, 5) is 9.14. The molecule has 5 heteroatoms. The van der Waals surface area contributed by atoms with Gasteiger partial charge in [0.1, 0.15) is 6.33 Å². The number of halogens is 1. The van der Waals surface area contributed by atoms with Crippen LogP contribution in [0, 0.1) is 0 Å². The maximum Gasteiger partial charge on any atom is 0.182 e. The fourth-order valence-electron chi connectivity index (χ4n) is 2.57. The van der Waals surface area contributed by atoms with Crippen LogP contribution in [0.5, 0.6) is 0 Å². The summed E-state index contributed by atoms with van der Waals surface area (Å²) in [6.45, 7) is 0. The summed E-state index contributed by atoms with van der Waals surface area (Å²) < 4.78 is 2.85. The highest BCUT2D eigenvalue weighted by atomic mass is 79.9. The predicted octanol–water partition coefficient (Wildman–Crippen LogP) is 3.04. The zero-order valence-corrected chi connectivity index (χ0v) is 11.8. The molecule has 0 amide bonds. The van der Waals surface area contributed by atoms with Crippen LogP contribution in [0.3, 0.4) is 0 Å². The summed E-state index contributed by atoms with van der Waals surface area (Å²) in [5, 5.41) is 4.52. The molecular weight excluding hydrogens is 304 g/mol. The molecule has 0 unspecified atom stereocenters. The van der Waals surface area contributed by atoms with E-state index in [0.29, 0.717) is 0 Å². The number of hydrogen-bond donors (Lipinski definition) is 0. The van der Waals surface area contributed by atoms with Crippen molar-refractivity contribution >= 4 is 21.6 Å². The smallest absolute Gasteiger partial charge is 0.182 e. The normalized spacial score (nSPS) is 13.9. The molecule has 0 bridgehead atoms. The molecule has 2 aromatic heterocycles. The minimum Gasteiger partial charge on any atom is -0.241 e. The van der Waals surface area contributed by atoms with E-state index in [4.69, 9.17) is 0 Å².